The van der Waals surface area contributed by atoms with Crippen molar-refractivity contribution in [3.8, 4) is 0 Å². The zero-order valence-corrected chi connectivity index (χ0v) is 11.0. The van der Waals surface area contributed by atoms with E-state index in [4.69, 9.17) is 19.7 Å². The van der Waals surface area contributed by atoms with Gasteiger partial charge in [0.15, 0.2) is 0 Å². The lowest BCUT2D eigenvalue weighted by Gasteiger charge is -2.14. The van der Waals surface area contributed by atoms with Crippen LogP contribution < -0.4 is 11.1 Å². The third-order valence-corrected chi connectivity index (χ3v) is 2.47. The minimum atomic E-state index is -2.29. The Hall–Kier alpha value is -2.08. The minimum Gasteiger partial charge on any atom is -0.480 e. The molecule has 1 atom stereocenters. The molecule has 4 N–H and O–H groups in total. The van der Waals surface area contributed by atoms with E-state index in [9.17, 15) is 9.59 Å². The Labute approximate surface area is 122 Å². The van der Waals surface area contributed by atoms with E-state index >= 15 is 0 Å². The zero-order valence-electron chi connectivity index (χ0n) is 14.0. The van der Waals surface area contributed by atoms with Gasteiger partial charge in [-0.25, -0.2) is 9.59 Å². The molecular weight excluding hydrogens is 260 g/mol. The van der Waals surface area contributed by atoms with Gasteiger partial charge in [0.2, 0.25) is 0 Å². The summed E-state index contributed by atoms with van der Waals surface area (Å²) in [6.45, 7) is -2.00. The standard InChI is InChI=1S/C14H20N2O4/c15-9-5-4-8-12(13(17)18)16-14(19)20-10-11-6-2-1-3-7-11/h1-3,6-7,12H,4-5,8-10,15H2,(H,16,19)(H,17,18)/t12-/m0/s1/i9D2,12D. The first kappa shape index (κ1) is 11.7. The number of ether oxygens (including phenoxy) is 1. The molecule has 1 aromatic carbocycles. The number of benzene rings is 1. The first-order chi connectivity index (χ1) is 10.6. The number of carbonyl (C=O) groups excluding carboxylic acids is 1. The maximum Gasteiger partial charge on any atom is 0.408 e. The molecule has 0 heterocycles. The molecule has 0 bridgehead atoms. The fourth-order valence-electron chi connectivity index (χ4n) is 1.47. The normalized spacial score (nSPS) is 16.1. The highest BCUT2D eigenvalue weighted by Crippen LogP contribution is 2.03. The smallest absolute Gasteiger partial charge is 0.408 e. The summed E-state index contributed by atoms with van der Waals surface area (Å²) >= 11 is 0. The zero-order chi connectivity index (χ0) is 17.5. The summed E-state index contributed by atoms with van der Waals surface area (Å²) in [5.41, 5.74) is 5.89. The van der Waals surface area contributed by atoms with Gasteiger partial charge in [0.05, 0.1) is 1.37 Å². The third-order valence-electron chi connectivity index (χ3n) is 2.47. The van der Waals surface area contributed by atoms with Crippen LogP contribution in [-0.4, -0.2) is 29.7 Å². The monoisotopic (exact) mass is 283 g/mol. The molecule has 6 heteroatoms. The van der Waals surface area contributed by atoms with Crippen molar-refractivity contribution >= 4 is 12.1 Å². The summed E-state index contributed by atoms with van der Waals surface area (Å²) in [6, 6.07) is 6.52. The molecule has 110 valence electrons. The SMILES string of the molecule is [2H]C([2H])(N)CCC[C@]([2H])(NC(=O)OCc1ccccc1)C(=O)O. The maximum atomic E-state index is 11.7. The molecule has 0 fully saturated rings. The molecule has 0 unspecified atom stereocenters. The lowest BCUT2D eigenvalue weighted by Crippen LogP contribution is -2.41. The second-order valence-corrected chi connectivity index (χ2v) is 4.03. The molecule has 0 aliphatic heterocycles. The largest absolute Gasteiger partial charge is 0.480 e. The summed E-state index contributed by atoms with van der Waals surface area (Å²) in [5, 5.41) is 11.1. The van der Waals surface area contributed by atoms with Crippen molar-refractivity contribution in [1.82, 2.24) is 5.32 Å². The average Bonchev–Trinajstić information content (AvgIpc) is 2.44. The molecule has 0 saturated heterocycles. The number of carboxylic acid groups (broad SMARTS) is 1. The average molecular weight is 283 g/mol. The summed E-state index contributed by atoms with van der Waals surface area (Å²) in [7, 11) is 0. The number of rotatable bonds is 8. The predicted molar refractivity (Wildman–Crippen MR) is 74.1 cm³/mol. The highest BCUT2D eigenvalue weighted by molar-refractivity contribution is 5.79. The molecule has 6 nitrogen and oxygen atoms in total. The molecule has 0 spiro atoms. The van der Waals surface area contributed by atoms with Crippen LogP contribution in [0.3, 0.4) is 0 Å². The lowest BCUT2D eigenvalue weighted by atomic mass is 10.1. The molecule has 0 aliphatic rings. The van der Waals surface area contributed by atoms with Gasteiger partial charge in [-0.15, -0.1) is 0 Å². The third kappa shape index (κ3) is 6.19. The number of hydrogen-bond acceptors (Lipinski definition) is 4. The Morgan fingerprint density at radius 3 is 2.70 bits per heavy atom. The van der Waals surface area contributed by atoms with E-state index in [2.05, 4.69) is 0 Å². The molecule has 1 amide bonds. The van der Waals surface area contributed by atoms with Crippen molar-refractivity contribution in [1.29, 1.82) is 0 Å². The lowest BCUT2D eigenvalue weighted by molar-refractivity contribution is -0.139. The van der Waals surface area contributed by atoms with Crippen LogP contribution in [0.2, 0.25) is 0 Å². The summed E-state index contributed by atoms with van der Waals surface area (Å²) < 4.78 is 27.1. The predicted octanol–water partition coefficient (Wildman–Crippen LogP) is 1.49. The molecule has 20 heavy (non-hydrogen) atoms. The minimum absolute atomic E-state index is 0.0261. The van der Waals surface area contributed by atoms with Gasteiger partial charge >= 0.3 is 12.1 Å². The van der Waals surface area contributed by atoms with E-state index in [0.717, 1.165) is 5.56 Å². The van der Waals surface area contributed by atoms with Crippen LogP contribution in [0, 0.1) is 0 Å². The second-order valence-electron chi connectivity index (χ2n) is 4.03. The number of nitrogens with one attached hydrogen (secondary N) is 1. The number of nitrogens with two attached hydrogens (primary N) is 1. The van der Waals surface area contributed by atoms with Gasteiger partial charge in [-0.2, -0.15) is 0 Å². The Bertz CT molecular complexity index is 537. The summed E-state index contributed by atoms with van der Waals surface area (Å²) in [5.74, 6) is -1.55. The van der Waals surface area contributed by atoms with Gasteiger partial charge in [-0.1, -0.05) is 30.3 Å². The Balaban J connectivity index is 2.53. The quantitative estimate of drug-likeness (QED) is 0.671. The molecule has 1 rings (SSSR count). The topological polar surface area (TPSA) is 102 Å². The summed E-state index contributed by atoms with van der Waals surface area (Å²) in [4.78, 5) is 22.9. The Kier molecular flexibility index (Phi) is 5.23. The van der Waals surface area contributed by atoms with Crippen LogP contribution in [0.15, 0.2) is 30.3 Å². The van der Waals surface area contributed by atoms with Crippen LogP contribution in [-0.2, 0) is 16.1 Å². The van der Waals surface area contributed by atoms with Gasteiger partial charge in [0.1, 0.15) is 12.6 Å². The molecular formula is C14H20N2O4. The molecule has 0 aliphatic carbocycles. The number of alkyl carbamates (subject to hydrolysis) is 1. The van der Waals surface area contributed by atoms with Crippen molar-refractivity contribution in [2.45, 2.75) is 31.9 Å². The molecule has 0 saturated carbocycles. The van der Waals surface area contributed by atoms with Crippen molar-refractivity contribution in [2.24, 2.45) is 5.73 Å². The van der Waals surface area contributed by atoms with E-state index in [-0.39, 0.29) is 25.9 Å². The van der Waals surface area contributed by atoms with Crippen molar-refractivity contribution in [2.75, 3.05) is 6.50 Å². The van der Waals surface area contributed by atoms with Crippen molar-refractivity contribution in [3.05, 3.63) is 35.9 Å². The maximum absolute atomic E-state index is 11.7. The molecule has 0 radical (unpaired) electrons. The van der Waals surface area contributed by atoms with Crippen LogP contribution in [0.1, 0.15) is 28.9 Å². The molecule has 1 aromatic rings. The number of aliphatic carboxylic acids is 1. The van der Waals surface area contributed by atoms with Crippen LogP contribution in [0.4, 0.5) is 4.79 Å². The van der Waals surface area contributed by atoms with Crippen LogP contribution >= 0.6 is 0 Å². The highest BCUT2D eigenvalue weighted by Gasteiger charge is 2.19. The Morgan fingerprint density at radius 1 is 1.40 bits per heavy atom. The van der Waals surface area contributed by atoms with Crippen LogP contribution in [0.25, 0.3) is 0 Å². The van der Waals surface area contributed by atoms with Crippen molar-refractivity contribution < 1.29 is 23.5 Å². The van der Waals surface area contributed by atoms with Gasteiger partial charge in [0.25, 0.3) is 0 Å². The van der Waals surface area contributed by atoms with Gasteiger partial charge in [-0.05, 0) is 31.3 Å². The van der Waals surface area contributed by atoms with Crippen LogP contribution in [0.5, 0.6) is 0 Å². The van der Waals surface area contributed by atoms with E-state index < -0.39 is 24.6 Å². The highest BCUT2D eigenvalue weighted by atomic mass is 16.5. The van der Waals surface area contributed by atoms with E-state index in [1.165, 1.54) is 0 Å². The van der Waals surface area contributed by atoms with Gasteiger partial charge in [-0.3, -0.25) is 0 Å². The number of carboxylic acids is 1. The fourth-order valence-corrected chi connectivity index (χ4v) is 1.47. The van der Waals surface area contributed by atoms with Gasteiger partial charge in [0, 0.05) is 2.74 Å². The van der Waals surface area contributed by atoms with Crippen molar-refractivity contribution in [3.63, 3.8) is 0 Å². The van der Waals surface area contributed by atoms with E-state index in [0.29, 0.717) is 0 Å². The summed E-state index contributed by atoms with van der Waals surface area (Å²) in [6.07, 6.45) is -1.42. The number of hydrogen-bond donors (Lipinski definition) is 3. The number of carbonyl (C=O) groups is 2. The molecule has 0 aromatic heterocycles. The number of amides is 1. The van der Waals surface area contributed by atoms with E-state index in [1.54, 1.807) is 30.3 Å². The van der Waals surface area contributed by atoms with Gasteiger partial charge < -0.3 is 20.9 Å². The van der Waals surface area contributed by atoms with E-state index in [1.807, 2.05) is 5.32 Å². The first-order valence-corrected chi connectivity index (χ1v) is 6.13. The first-order valence-electron chi connectivity index (χ1n) is 7.63. The second kappa shape index (κ2) is 8.92. The Morgan fingerprint density at radius 2 is 2.10 bits per heavy atom. The fraction of sp³-hybridized carbons (Fsp3) is 0.429.